The van der Waals surface area contributed by atoms with Gasteiger partial charge in [-0.3, -0.25) is 4.18 Å². The van der Waals surface area contributed by atoms with Crippen molar-refractivity contribution in [2.45, 2.75) is 48.6 Å². The molecule has 0 aromatic heterocycles. The Morgan fingerprint density at radius 2 is 1.24 bits per heavy atom. The Morgan fingerprint density at radius 3 is 1.52 bits per heavy atom. The molecule has 0 aliphatic heterocycles. The Hall–Kier alpha value is -0.720. The maximum Gasteiger partial charge on any atom is 0.460 e. The summed E-state index contributed by atoms with van der Waals surface area (Å²) in [5.74, 6) is -14.5. The highest BCUT2D eigenvalue weighted by atomic mass is 32.2. The lowest BCUT2D eigenvalue weighted by Crippen LogP contribution is -2.63. The number of hydrogen-bond donors (Lipinski definition) is 0. The first-order valence-electron chi connectivity index (χ1n) is 5.21. The third-order valence-corrected chi connectivity index (χ3v) is 4.15. The van der Waals surface area contributed by atoms with Crippen LogP contribution in [0.25, 0.3) is 0 Å². The van der Waals surface area contributed by atoms with E-state index in [0.717, 1.165) is 0 Å². The van der Waals surface area contributed by atoms with Crippen LogP contribution >= 0.6 is 0 Å². The third-order valence-electron chi connectivity index (χ3n) is 2.74. The summed E-state index contributed by atoms with van der Waals surface area (Å²) in [6, 6.07) is 0. The summed E-state index contributed by atoms with van der Waals surface area (Å²) in [4.78, 5) is 0. The number of rotatable bonds is 5. The van der Waals surface area contributed by atoms with E-state index < -0.39 is 39.5 Å². The van der Waals surface area contributed by atoms with Gasteiger partial charge in [-0.05, 0) is 19.3 Å². The van der Waals surface area contributed by atoms with E-state index in [-0.39, 0.29) is 12.8 Å². The minimum Gasteiger partial charge on any atom is -0.262 e. The van der Waals surface area contributed by atoms with Crippen molar-refractivity contribution in [1.29, 1.82) is 0 Å². The molecule has 0 atom stereocenters. The van der Waals surface area contributed by atoms with Crippen molar-refractivity contribution < 1.29 is 52.1 Å². The van der Waals surface area contributed by atoms with Gasteiger partial charge in [-0.1, -0.05) is 0 Å². The zero-order valence-corrected chi connectivity index (χ0v) is 10.5. The van der Waals surface area contributed by atoms with Crippen LogP contribution in [0, 0.1) is 0 Å². The zero-order valence-electron chi connectivity index (χ0n) is 9.73. The van der Waals surface area contributed by atoms with Gasteiger partial charge in [0.1, 0.15) is 0 Å². The van der Waals surface area contributed by atoms with Gasteiger partial charge in [-0.15, -0.1) is 0 Å². The molecular weight excluding hydrogens is 347 g/mol. The number of hydrogen-bond acceptors (Lipinski definition) is 3. The molecule has 0 aromatic rings. The van der Waals surface area contributed by atoms with E-state index in [1.54, 1.807) is 0 Å². The van der Waals surface area contributed by atoms with Gasteiger partial charge in [0.05, 0.1) is 6.10 Å². The average Bonchev–Trinajstić information content (AvgIpc) is 2.21. The van der Waals surface area contributed by atoms with Gasteiger partial charge in [-0.25, -0.2) is 0 Å². The predicted octanol–water partition coefficient (Wildman–Crippen LogP) is 3.31. The van der Waals surface area contributed by atoms with Gasteiger partial charge in [0.15, 0.2) is 0 Å². The van der Waals surface area contributed by atoms with Crippen molar-refractivity contribution in [3.8, 4) is 0 Å². The third kappa shape index (κ3) is 2.69. The minimum atomic E-state index is -7.26. The maximum absolute atomic E-state index is 13.1. The smallest absolute Gasteiger partial charge is 0.262 e. The SMILES string of the molecule is O=S(=O)(OC1CCC1)C(F)(F)C(F)(F)C(F)(F)C(F)(F)F. The predicted molar refractivity (Wildman–Crippen MR) is 48.5 cm³/mol. The van der Waals surface area contributed by atoms with Crippen LogP contribution in [0.3, 0.4) is 0 Å². The molecule has 0 saturated heterocycles. The first-order chi connectivity index (χ1) is 9.08. The zero-order chi connectivity index (χ0) is 16.9. The van der Waals surface area contributed by atoms with Crippen LogP contribution in [-0.2, 0) is 14.3 Å². The lowest BCUT2D eigenvalue weighted by Gasteiger charge is -2.34. The van der Waals surface area contributed by atoms with Gasteiger partial charge in [0.25, 0.3) is 0 Å². The van der Waals surface area contributed by atoms with Gasteiger partial charge in [0, 0.05) is 0 Å². The average molecular weight is 354 g/mol. The Bertz CT molecular complexity index is 492. The summed E-state index contributed by atoms with van der Waals surface area (Å²) in [7, 11) is -6.68. The van der Waals surface area contributed by atoms with Crippen molar-refractivity contribution in [3.05, 3.63) is 0 Å². The molecule has 0 aromatic carbocycles. The standard InChI is InChI=1S/C8H7F9O3S/c9-5(10,7(13,14)15)6(11,12)8(16,17)21(18,19)20-4-2-1-3-4/h4H,1-3H2. The summed E-state index contributed by atoms with van der Waals surface area (Å²) in [5.41, 5.74) is 0. The van der Waals surface area contributed by atoms with Crippen LogP contribution < -0.4 is 0 Å². The summed E-state index contributed by atoms with van der Waals surface area (Å²) in [6.07, 6.45) is -8.48. The normalized spacial score (nSPS) is 19.5. The Labute approximate surface area is 112 Å². The van der Waals surface area contributed by atoms with Crippen LogP contribution in [0.2, 0.25) is 0 Å². The Balaban J connectivity index is 3.20. The highest BCUT2D eigenvalue weighted by Gasteiger charge is 2.85. The molecule has 0 unspecified atom stereocenters. The summed E-state index contributed by atoms with van der Waals surface area (Å²) < 4.78 is 138. The Morgan fingerprint density at radius 1 is 0.810 bits per heavy atom. The molecule has 0 amide bonds. The molecule has 0 radical (unpaired) electrons. The largest absolute Gasteiger partial charge is 0.460 e. The maximum atomic E-state index is 13.1. The fourth-order valence-electron chi connectivity index (χ4n) is 1.22. The van der Waals surface area contributed by atoms with Gasteiger partial charge < -0.3 is 0 Å². The van der Waals surface area contributed by atoms with Crippen molar-refractivity contribution >= 4 is 10.1 Å². The van der Waals surface area contributed by atoms with Crippen LogP contribution in [0.4, 0.5) is 39.5 Å². The second-order valence-electron chi connectivity index (χ2n) is 4.27. The molecule has 13 heteroatoms. The topological polar surface area (TPSA) is 43.4 Å². The number of alkyl halides is 9. The fraction of sp³-hybridized carbons (Fsp3) is 1.00. The van der Waals surface area contributed by atoms with Gasteiger partial charge in [-0.2, -0.15) is 47.9 Å². The molecule has 0 bridgehead atoms. The van der Waals surface area contributed by atoms with Crippen LogP contribution in [0.5, 0.6) is 0 Å². The summed E-state index contributed by atoms with van der Waals surface area (Å²) in [6.45, 7) is 0. The second kappa shape index (κ2) is 4.89. The van der Waals surface area contributed by atoms with Crippen molar-refractivity contribution in [2.75, 3.05) is 0 Å². The molecule has 3 nitrogen and oxygen atoms in total. The molecule has 1 aliphatic carbocycles. The van der Waals surface area contributed by atoms with E-state index in [1.807, 2.05) is 0 Å². The lowest BCUT2D eigenvalue weighted by molar-refractivity contribution is -0.383. The summed E-state index contributed by atoms with van der Waals surface area (Å²) in [5, 5.41) is -6.76. The minimum absolute atomic E-state index is 0.128. The number of halogens is 9. The molecular formula is C8H7F9O3S. The monoisotopic (exact) mass is 354 g/mol. The molecule has 0 N–H and O–H groups in total. The second-order valence-corrected chi connectivity index (χ2v) is 5.88. The van der Waals surface area contributed by atoms with E-state index in [4.69, 9.17) is 0 Å². The molecule has 1 saturated carbocycles. The van der Waals surface area contributed by atoms with E-state index >= 15 is 0 Å². The van der Waals surface area contributed by atoms with Crippen LogP contribution in [0.1, 0.15) is 19.3 Å². The quantitative estimate of drug-likeness (QED) is 0.562. The van der Waals surface area contributed by atoms with Crippen molar-refractivity contribution in [2.24, 2.45) is 0 Å². The van der Waals surface area contributed by atoms with E-state index in [1.165, 1.54) is 0 Å². The highest BCUT2D eigenvalue weighted by Crippen LogP contribution is 2.55. The fourth-order valence-corrected chi connectivity index (χ4v) is 2.34. The first-order valence-corrected chi connectivity index (χ1v) is 6.62. The van der Waals surface area contributed by atoms with Crippen LogP contribution in [0.15, 0.2) is 0 Å². The summed E-state index contributed by atoms with van der Waals surface area (Å²) >= 11 is 0. The van der Waals surface area contributed by atoms with E-state index in [2.05, 4.69) is 4.18 Å². The molecule has 1 rings (SSSR count). The molecule has 0 heterocycles. The van der Waals surface area contributed by atoms with E-state index in [9.17, 15) is 47.9 Å². The molecule has 1 aliphatic rings. The highest BCUT2D eigenvalue weighted by molar-refractivity contribution is 7.87. The van der Waals surface area contributed by atoms with Crippen LogP contribution in [-0.4, -0.2) is 37.8 Å². The Kier molecular flexibility index (Phi) is 4.27. The van der Waals surface area contributed by atoms with Gasteiger partial charge in [0.2, 0.25) is 0 Å². The first kappa shape index (κ1) is 18.3. The molecule has 126 valence electrons. The van der Waals surface area contributed by atoms with Crippen molar-refractivity contribution in [3.63, 3.8) is 0 Å². The van der Waals surface area contributed by atoms with E-state index in [0.29, 0.717) is 6.42 Å². The molecule has 21 heavy (non-hydrogen) atoms. The molecule has 0 spiro atoms. The van der Waals surface area contributed by atoms with Gasteiger partial charge >= 0.3 is 33.4 Å². The molecule has 1 fully saturated rings. The lowest BCUT2D eigenvalue weighted by atomic mass is 9.97. The van der Waals surface area contributed by atoms with Crippen molar-refractivity contribution in [1.82, 2.24) is 0 Å².